The number of carbonyl (C=O) groups is 3. The highest BCUT2D eigenvalue weighted by atomic mass is 16.2. The van der Waals surface area contributed by atoms with Crippen molar-refractivity contribution in [1.82, 2.24) is 35.3 Å². The van der Waals surface area contributed by atoms with Crippen LogP contribution in [0.1, 0.15) is 116 Å². The van der Waals surface area contributed by atoms with E-state index in [2.05, 4.69) is 66.3 Å². The fraction of sp³-hybridized carbons (Fsp3) is 0.512. The Kier molecular flexibility index (Phi) is 11.2. The third kappa shape index (κ3) is 8.73. The Hall–Kier alpha value is -5.15. The first-order valence-electron chi connectivity index (χ1n) is 20.3. The number of imide groups is 1. The predicted octanol–water partition coefficient (Wildman–Crippen LogP) is 6.20. The molecule has 5 heterocycles. The van der Waals surface area contributed by atoms with Gasteiger partial charge in [0.15, 0.2) is 11.5 Å². The van der Waals surface area contributed by atoms with E-state index in [-0.39, 0.29) is 29.7 Å². The summed E-state index contributed by atoms with van der Waals surface area (Å²) in [6.45, 7) is 3.45. The van der Waals surface area contributed by atoms with Crippen LogP contribution < -0.4 is 16.0 Å². The number of nitrogens with one attached hydrogen (secondary N) is 3. The van der Waals surface area contributed by atoms with Gasteiger partial charge in [-0.3, -0.25) is 19.7 Å². The molecule has 55 heavy (non-hydrogen) atoms. The van der Waals surface area contributed by atoms with E-state index in [0.717, 1.165) is 87.1 Å². The maximum Gasteiger partial charge on any atom is 0.255 e. The van der Waals surface area contributed by atoms with Crippen LogP contribution in [-0.2, 0) is 16.0 Å². The van der Waals surface area contributed by atoms with Gasteiger partial charge in [-0.25, -0.2) is 9.97 Å². The SMILES string of the molecule is N#Cc1cnc2c(cnn2-c2cc(NC3CCCC3)c(C(=O)NC3CCC(CN4CCC(CCc5ccc(C6CCC(=O)NC6=O)cc5)CC4)CC3)cn2)c1. The number of nitrogens with zero attached hydrogens (tertiary/aromatic N) is 6. The molecule has 12 heteroatoms. The molecule has 2 saturated heterocycles. The second-order valence-electron chi connectivity index (χ2n) is 16.2. The van der Waals surface area contributed by atoms with Gasteiger partial charge in [0.1, 0.15) is 6.07 Å². The first-order chi connectivity index (χ1) is 26.9. The van der Waals surface area contributed by atoms with Gasteiger partial charge in [0.25, 0.3) is 5.91 Å². The summed E-state index contributed by atoms with van der Waals surface area (Å²) < 4.78 is 1.66. The summed E-state index contributed by atoms with van der Waals surface area (Å²) in [5, 5.41) is 24.0. The molecule has 0 radical (unpaired) electrons. The molecule has 4 fully saturated rings. The van der Waals surface area contributed by atoms with E-state index >= 15 is 0 Å². The lowest BCUT2D eigenvalue weighted by Crippen LogP contribution is -2.41. The second-order valence-corrected chi connectivity index (χ2v) is 16.2. The number of piperidine rings is 2. The summed E-state index contributed by atoms with van der Waals surface area (Å²) in [5.74, 6) is 1.32. The van der Waals surface area contributed by atoms with E-state index in [4.69, 9.17) is 0 Å². The molecule has 8 rings (SSSR count). The normalized spacial score (nSPS) is 22.7. The van der Waals surface area contributed by atoms with Crippen LogP contribution in [0.3, 0.4) is 0 Å². The van der Waals surface area contributed by atoms with E-state index in [1.165, 1.54) is 43.9 Å². The van der Waals surface area contributed by atoms with Crippen molar-refractivity contribution >= 4 is 34.4 Å². The van der Waals surface area contributed by atoms with Crippen LogP contribution in [0.15, 0.2) is 55.0 Å². The number of aryl methyl sites for hydroxylation is 1. The fourth-order valence-corrected chi connectivity index (χ4v) is 9.17. The lowest BCUT2D eigenvalue weighted by molar-refractivity contribution is -0.134. The molecule has 3 amide bonds. The Bertz CT molecular complexity index is 2050. The summed E-state index contributed by atoms with van der Waals surface area (Å²) in [6, 6.07) is 14.7. The van der Waals surface area contributed by atoms with Gasteiger partial charge in [0.05, 0.1) is 28.9 Å². The number of pyridine rings is 2. The summed E-state index contributed by atoms with van der Waals surface area (Å²) in [4.78, 5) is 49.3. The van der Waals surface area contributed by atoms with E-state index in [0.29, 0.717) is 47.4 Å². The van der Waals surface area contributed by atoms with Crippen LogP contribution in [0.2, 0.25) is 0 Å². The highest BCUT2D eigenvalue weighted by Crippen LogP contribution is 2.31. The number of hydrogen-bond donors (Lipinski definition) is 3. The van der Waals surface area contributed by atoms with Gasteiger partial charge in [-0.2, -0.15) is 15.0 Å². The Morgan fingerprint density at radius 3 is 2.40 bits per heavy atom. The van der Waals surface area contributed by atoms with Crippen molar-refractivity contribution in [3.63, 3.8) is 0 Å². The molecule has 286 valence electrons. The van der Waals surface area contributed by atoms with Gasteiger partial charge >= 0.3 is 0 Å². The fourth-order valence-electron chi connectivity index (χ4n) is 9.17. The summed E-state index contributed by atoms with van der Waals surface area (Å²) in [5.41, 5.74) is 4.73. The maximum absolute atomic E-state index is 13.8. The quantitative estimate of drug-likeness (QED) is 0.152. The molecule has 3 N–H and O–H groups in total. The molecule has 2 aliphatic heterocycles. The number of fused-ring (bicyclic) bond motifs is 1. The van der Waals surface area contributed by atoms with Crippen LogP contribution >= 0.6 is 0 Å². The van der Waals surface area contributed by atoms with Gasteiger partial charge in [-0.05, 0) is 113 Å². The van der Waals surface area contributed by atoms with Crippen molar-refractivity contribution in [1.29, 1.82) is 5.26 Å². The van der Waals surface area contributed by atoms with Gasteiger partial charge in [-0.15, -0.1) is 0 Å². The largest absolute Gasteiger partial charge is 0.382 e. The lowest BCUT2D eigenvalue weighted by atomic mass is 9.84. The topological polar surface area (TPSA) is 158 Å². The molecule has 4 aromatic rings. The van der Waals surface area contributed by atoms with Gasteiger partial charge in [0, 0.05) is 48.9 Å². The van der Waals surface area contributed by atoms with Crippen LogP contribution in [0.25, 0.3) is 16.9 Å². The van der Waals surface area contributed by atoms with Crippen LogP contribution in [-0.4, -0.2) is 74.1 Å². The van der Waals surface area contributed by atoms with Gasteiger partial charge < -0.3 is 15.5 Å². The zero-order valence-corrected chi connectivity index (χ0v) is 31.5. The Balaban J connectivity index is 0.797. The number of carbonyl (C=O) groups excluding carboxylic acids is 3. The Morgan fingerprint density at radius 2 is 1.65 bits per heavy atom. The maximum atomic E-state index is 13.8. The van der Waals surface area contributed by atoms with Crippen molar-refractivity contribution in [2.45, 2.75) is 108 Å². The molecule has 1 unspecified atom stereocenters. The molecular formula is C43H51N9O3. The molecule has 4 aliphatic rings. The average molecular weight is 742 g/mol. The lowest BCUT2D eigenvalue weighted by Gasteiger charge is -2.37. The first-order valence-corrected chi connectivity index (χ1v) is 20.3. The molecule has 2 aliphatic carbocycles. The van der Waals surface area contributed by atoms with Gasteiger partial charge in [0.2, 0.25) is 11.8 Å². The van der Waals surface area contributed by atoms with Crippen LogP contribution in [0.5, 0.6) is 0 Å². The van der Waals surface area contributed by atoms with Crippen molar-refractivity contribution in [2.24, 2.45) is 11.8 Å². The standard InChI is InChI=1S/C43H51N9O3/c44-23-31-21-33-25-47-52(41(33)46-24-31)39-22-38(48-34-3-1-2-4-34)37(26-45-39)43(55)49-35-13-9-30(10-14-35)27-51-19-17-29(18-20-51)6-5-28-7-11-32(12-8-28)36-15-16-40(53)50-42(36)54/h7-8,11-12,21-22,24-26,29-30,34-36H,1-6,9-10,13-20,27H2,(H,45,48)(H,49,55)(H,50,53,54). The monoisotopic (exact) mass is 741 g/mol. The molecule has 1 atom stereocenters. The number of likely N-dealkylation sites (tertiary alicyclic amines) is 1. The Morgan fingerprint density at radius 1 is 0.873 bits per heavy atom. The summed E-state index contributed by atoms with van der Waals surface area (Å²) in [7, 11) is 0. The highest BCUT2D eigenvalue weighted by molar-refractivity contribution is 6.01. The Labute approximate surface area is 322 Å². The number of hydrogen-bond acceptors (Lipinski definition) is 9. The smallest absolute Gasteiger partial charge is 0.255 e. The van der Waals surface area contributed by atoms with Crippen molar-refractivity contribution in [2.75, 3.05) is 25.0 Å². The minimum absolute atomic E-state index is 0.0857. The summed E-state index contributed by atoms with van der Waals surface area (Å²) >= 11 is 0. The number of aromatic nitrogens is 4. The number of nitriles is 1. The van der Waals surface area contributed by atoms with Gasteiger partial charge in [-0.1, -0.05) is 37.1 Å². The molecule has 3 aromatic heterocycles. The third-order valence-corrected chi connectivity index (χ3v) is 12.5. The van der Waals surface area contributed by atoms with Crippen molar-refractivity contribution in [3.8, 4) is 11.9 Å². The van der Waals surface area contributed by atoms with E-state index < -0.39 is 0 Å². The van der Waals surface area contributed by atoms with E-state index in [1.807, 2.05) is 6.07 Å². The average Bonchev–Trinajstić information content (AvgIpc) is 3.89. The van der Waals surface area contributed by atoms with E-state index in [1.54, 1.807) is 23.1 Å². The van der Waals surface area contributed by atoms with Crippen LogP contribution in [0, 0.1) is 23.2 Å². The molecule has 2 saturated carbocycles. The number of rotatable bonds is 11. The highest BCUT2D eigenvalue weighted by Gasteiger charge is 2.29. The first kappa shape index (κ1) is 36.8. The molecular weight excluding hydrogens is 691 g/mol. The van der Waals surface area contributed by atoms with Crippen LogP contribution in [0.4, 0.5) is 5.69 Å². The molecule has 1 aromatic carbocycles. The van der Waals surface area contributed by atoms with Crippen molar-refractivity contribution < 1.29 is 14.4 Å². The predicted molar refractivity (Wildman–Crippen MR) is 210 cm³/mol. The molecule has 0 spiro atoms. The second kappa shape index (κ2) is 16.7. The number of amides is 3. The minimum atomic E-state index is -0.223. The van der Waals surface area contributed by atoms with Crippen molar-refractivity contribution in [3.05, 3.63) is 77.2 Å². The minimum Gasteiger partial charge on any atom is -0.382 e. The molecule has 0 bridgehead atoms. The van der Waals surface area contributed by atoms with E-state index in [9.17, 15) is 19.6 Å². The zero-order chi connectivity index (χ0) is 37.7. The summed E-state index contributed by atoms with van der Waals surface area (Å²) in [6.07, 6.45) is 19.3. The molecule has 12 nitrogen and oxygen atoms in total. The number of benzene rings is 1. The number of anilines is 1. The zero-order valence-electron chi connectivity index (χ0n) is 31.5. The third-order valence-electron chi connectivity index (χ3n) is 12.5.